The lowest BCUT2D eigenvalue weighted by Gasteiger charge is -2.34. The van der Waals surface area contributed by atoms with E-state index in [0.717, 1.165) is 12.5 Å². The van der Waals surface area contributed by atoms with E-state index >= 15 is 0 Å². The van der Waals surface area contributed by atoms with E-state index in [1.807, 2.05) is 0 Å². The Balaban J connectivity index is 1.68. The number of rotatable bonds is 7. The Labute approximate surface area is 124 Å². The molecule has 0 aromatic heterocycles. The number of hydrogen-bond acceptors (Lipinski definition) is 4. The van der Waals surface area contributed by atoms with E-state index in [9.17, 15) is 9.59 Å². The summed E-state index contributed by atoms with van der Waals surface area (Å²) in [4.78, 5) is 26.2. The fraction of sp³-hybridized carbons (Fsp3) is 0.857. The van der Waals surface area contributed by atoms with E-state index in [0.29, 0.717) is 32.8 Å². The molecule has 7 heteroatoms. The highest BCUT2D eigenvalue weighted by molar-refractivity contribution is 5.74. The highest BCUT2D eigenvalue weighted by Crippen LogP contribution is 2.28. The first kappa shape index (κ1) is 16.0. The fourth-order valence-corrected chi connectivity index (χ4v) is 2.28. The molecular formula is C14H24N2O5. The molecule has 2 rings (SSSR count). The molecule has 21 heavy (non-hydrogen) atoms. The molecule has 2 amide bonds. The second-order valence-corrected chi connectivity index (χ2v) is 5.76. The first-order valence-corrected chi connectivity index (χ1v) is 7.47. The molecule has 1 unspecified atom stereocenters. The highest BCUT2D eigenvalue weighted by Gasteiger charge is 2.27. The number of ether oxygens (including phenoxy) is 2. The van der Waals surface area contributed by atoms with Crippen molar-refractivity contribution in [3.8, 4) is 0 Å². The van der Waals surface area contributed by atoms with Gasteiger partial charge in [-0.25, -0.2) is 4.79 Å². The lowest BCUT2D eigenvalue weighted by atomic mass is 10.2. The van der Waals surface area contributed by atoms with Crippen molar-refractivity contribution in [1.29, 1.82) is 0 Å². The first-order valence-electron chi connectivity index (χ1n) is 7.47. The Morgan fingerprint density at radius 1 is 1.43 bits per heavy atom. The Kier molecular flexibility index (Phi) is 5.81. The molecule has 0 spiro atoms. The zero-order valence-electron chi connectivity index (χ0n) is 12.5. The number of likely N-dealkylation sites (N-methyl/N-ethyl adjacent to an activating group) is 1. The van der Waals surface area contributed by atoms with E-state index in [-0.39, 0.29) is 12.5 Å². The second kappa shape index (κ2) is 7.61. The number of urea groups is 1. The molecule has 2 aliphatic rings. The topological polar surface area (TPSA) is 79.3 Å². The van der Waals surface area contributed by atoms with E-state index < -0.39 is 12.1 Å². The molecule has 0 radical (unpaired) electrons. The van der Waals surface area contributed by atoms with Crippen molar-refractivity contribution in [3.05, 3.63) is 0 Å². The molecule has 0 aromatic rings. The van der Waals surface area contributed by atoms with E-state index in [4.69, 9.17) is 14.6 Å². The molecule has 1 saturated carbocycles. The van der Waals surface area contributed by atoms with Gasteiger partial charge in [-0.1, -0.05) is 0 Å². The summed E-state index contributed by atoms with van der Waals surface area (Å²) in [6, 6.07) is -0.0938. The van der Waals surface area contributed by atoms with Gasteiger partial charge in [0.1, 0.15) is 0 Å². The Morgan fingerprint density at radius 3 is 2.86 bits per heavy atom. The van der Waals surface area contributed by atoms with Gasteiger partial charge >= 0.3 is 12.0 Å². The van der Waals surface area contributed by atoms with Crippen molar-refractivity contribution in [2.24, 2.45) is 5.92 Å². The normalized spacial score (nSPS) is 22.1. The van der Waals surface area contributed by atoms with Crippen LogP contribution in [0.2, 0.25) is 0 Å². The number of carbonyl (C=O) groups excluding carboxylic acids is 1. The maximum atomic E-state index is 12.3. The number of hydrogen-bond donors (Lipinski definition) is 1. The Hall–Kier alpha value is -1.34. The van der Waals surface area contributed by atoms with Crippen molar-refractivity contribution in [2.75, 3.05) is 46.5 Å². The zero-order valence-corrected chi connectivity index (χ0v) is 12.5. The van der Waals surface area contributed by atoms with Crippen molar-refractivity contribution in [3.63, 3.8) is 0 Å². The van der Waals surface area contributed by atoms with E-state index in [2.05, 4.69) is 0 Å². The van der Waals surface area contributed by atoms with Gasteiger partial charge in [0.25, 0.3) is 0 Å². The average molecular weight is 300 g/mol. The zero-order chi connectivity index (χ0) is 15.2. The lowest BCUT2D eigenvalue weighted by molar-refractivity contribution is -0.141. The number of carboxylic acids is 1. The predicted molar refractivity (Wildman–Crippen MR) is 75.1 cm³/mol. The fourth-order valence-electron chi connectivity index (χ4n) is 2.28. The molecule has 1 N–H and O–H groups in total. The van der Waals surface area contributed by atoms with Gasteiger partial charge in [-0.05, 0) is 18.8 Å². The summed E-state index contributed by atoms with van der Waals surface area (Å²) in [5.74, 6) is -0.182. The Bertz CT molecular complexity index is 372. The Morgan fingerprint density at radius 2 is 2.19 bits per heavy atom. The number of nitrogens with zero attached hydrogens (tertiary/aromatic N) is 2. The van der Waals surface area contributed by atoms with Crippen LogP contribution in [0.25, 0.3) is 0 Å². The van der Waals surface area contributed by atoms with Gasteiger partial charge in [-0.2, -0.15) is 0 Å². The smallest absolute Gasteiger partial charge is 0.319 e. The first-order chi connectivity index (χ1) is 10.1. The third-order valence-electron chi connectivity index (χ3n) is 3.76. The van der Waals surface area contributed by atoms with E-state index in [1.54, 1.807) is 16.8 Å². The molecule has 1 heterocycles. The van der Waals surface area contributed by atoms with Gasteiger partial charge in [0.15, 0.2) is 0 Å². The minimum atomic E-state index is -0.906. The van der Waals surface area contributed by atoms with E-state index in [1.165, 1.54) is 12.8 Å². The summed E-state index contributed by atoms with van der Waals surface area (Å²) in [6.45, 7) is 3.10. The van der Waals surface area contributed by atoms with Crippen LogP contribution in [0, 0.1) is 5.92 Å². The van der Waals surface area contributed by atoms with Gasteiger partial charge in [0.2, 0.25) is 0 Å². The SMILES string of the molecule is CN(CCOCC1CC1)C(=O)N1CCOC(CC(=O)O)C1. The van der Waals surface area contributed by atoms with Crippen LogP contribution in [0.4, 0.5) is 4.79 Å². The highest BCUT2D eigenvalue weighted by atomic mass is 16.5. The largest absolute Gasteiger partial charge is 0.481 e. The molecule has 0 aromatic carbocycles. The maximum absolute atomic E-state index is 12.3. The maximum Gasteiger partial charge on any atom is 0.319 e. The van der Waals surface area contributed by atoms with Crippen molar-refractivity contribution in [2.45, 2.75) is 25.4 Å². The molecule has 1 aliphatic heterocycles. The van der Waals surface area contributed by atoms with Crippen LogP contribution in [-0.2, 0) is 14.3 Å². The molecular weight excluding hydrogens is 276 g/mol. The third kappa shape index (κ3) is 5.51. The predicted octanol–water partition coefficient (Wildman–Crippen LogP) is 0.640. The van der Waals surface area contributed by atoms with Gasteiger partial charge in [-0.3, -0.25) is 4.79 Å². The minimum absolute atomic E-state index is 0.0714. The molecule has 2 fully saturated rings. The molecule has 7 nitrogen and oxygen atoms in total. The van der Waals surface area contributed by atoms with Crippen LogP contribution >= 0.6 is 0 Å². The van der Waals surface area contributed by atoms with Crippen molar-refractivity contribution < 1.29 is 24.2 Å². The summed E-state index contributed by atoms with van der Waals surface area (Å²) in [5, 5.41) is 8.78. The lowest BCUT2D eigenvalue weighted by Crippen LogP contribution is -2.51. The van der Waals surface area contributed by atoms with Gasteiger partial charge in [-0.15, -0.1) is 0 Å². The summed E-state index contributed by atoms with van der Waals surface area (Å²) in [7, 11) is 1.74. The number of carbonyl (C=O) groups is 2. The monoisotopic (exact) mass is 300 g/mol. The molecule has 1 aliphatic carbocycles. The summed E-state index contributed by atoms with van der Waals surface area (Å²) < 4.78 is 10.9. The summed E-state index contributed by atoms with van der Waals surface area (Å²) in [6.07, 6.45) is 2.03. The number of amides is 2. The van der Waals surface area contributed by atoms with Crippen LogP contribution in [0.3, 0.4) is 0 Å². The van der Waals surface area contributed by atoms with Gasteiger partial charge in [0.05, 0.1) is 25.7 Å². The number of morpholine rings is 1. The number of carboxylic acid groups (broad SMARTS) is 1. The van der Waals surface area contributed by atoms with Crippen molar-refractivity contribution >= 4 is 12.0 Å². The number of aliphatic carboxylic acids is 1. The summed E-state index contributed by atoms with van der Waals surface area (Å²) in [5.41, 5.74) is 0. The summed E-state index contributed by atoms with van der Waals surface area (Å²) >= 11 is 0. The standard InChI is InChI=1S/C14H24N2O5/c1-15(4-6-20-10-11-2-3-11)14(19)16-5-7-21-12(9-16)8-13(17)18/h11-12H,2-10H2,1H3,(H,17,18). The van der Waals surface area contributed by atoms with Crippen LogP contribution < -0.4 is 0 Å². The van der Waals surface area contributed by atoms with Crippen LogP contribution in [0.5, 0.6) is 0 Å². The van der Waals surface area contributed by atoms with Crippen LogP contribution in [0.15, 0.2) is 0 Å². The third-order valence-corrected chi connectivity index (χ3v) is 3.76. The van der Waals surface area contributed by atoms with Gasteiger partial charge in [0, 0.05) is 33.3 Å². The minimum Gasteiger partial charge on any atom is -0.481 e. The quantitative estimate of drug-likeness (QED) is 0.698. The van der Waals surface area contributed by atoms with Crippen molar-refractivity contribution in [1.82, 2.24) is 9.80 Å². The molecule has 1 saturated heterocycles. The second-order valence-electron chi connectivity index (χ2n) is 5.76. The molecule has 0 bridgehead atoms. The van der Waals surface area contributed by atoms with Gasteiger partial charge < -0.3 is 24.4 Å². The van der Waals surface area contributed by atoms with Crippen LogP contribution in [-0.4, -0.2) is 79.5 Å². The molecule has 1 atom stereocenters. The van der Waals surface area contributed by atoms with Crippen LogP contribution in [0.1, 0.15) is 19.3 Å². The molecule has 120 valence electrons. The average Bonchev–Trinajstić information content (AvgIpc) is 3.26.